The molecule has 0 radical (unpaired) electrons. The van der Waals surface area contributed by atoms with E-state index < -0.39 is 15.8 Å². The average Bonchev–Trinajstić information content (AvgIpc) is 2.79. The molecule has 1 saturated heterocycles. The zero-order valence-electron chi connectivity index (χ0n) is 17.7. The topological polar surface area (TPSA) is 105 Å². The summed E-state index contributed by atoms with van der Waals surface area (Å²) in [7, 11) is -2.38. The highest BCUT2D eigenvalue weighted by Crippen LogP contribution is 2.22. The molecule has 0 bridgehead atoms. The van der Waals surface area contributed by atoms with E-state index in [2.05, 4.69) is 10.0 Å². The van der Waals surface area contributed by atoms with Crippen LogP contribution in [0, 0.1) is 11.7 Å². The number of anilines is 1. The lowest BCUT2D eigenvalue weighted by Crippen LogP contribution is -2.45. The monoisotopic (exact) mass is 463 g/mol. The summed E-state index contributed by atoms with van der Waals surface area (Å²) in [6, 6.07) is 10.6. The Kier molecular flexibility index (Phi) is 7.81. The average molecular weight is 464 g/mol. The smallest absolute Gasteiger partial charge is 0.261 e. The predicted octanol–water partition coefficient (Wildman–Crippen LogP) is 2.24. The molecule has 0 saturated carbocycles. The molecule has 1 unspecified atom stereocenters. The van der Waals surface area contributed by atoms with Gasteiger partial charge in [0.2, 0.25) is 5.91 Å². The number of amides is 2. The zero-order valence-corrected chi connectivity index (χ0v) is 18.5. The Bertz CT molecular complexity index is 1060. The quantitative estimate of drug-likeness (QED) is 0.585. The molecule has 0 aromatic heterocycles. The molecule has 32 heavy (non-hydrogen) atoms. The van der Waals surface area contributed by atoms with Crippen LogP contribution in [0.25, 0.3) is 0 Å². The van der Waals surface area contributed by atoms with Crippen molar-refractivity contribution in [3.05, 3.63) is 59.9 Å². The molecule has 3 rings (SSSR count). The largest absolute Gasteiger partial charge is 0.383 e. The van der Waals surface area contributed by atoms with E-state index >= 15 is 0 Å². The van der Waals surface area contributed by atoms with Crippen LogP contribution in [0.1, 0.15) is 23.2 Å². The lowest BCUT2D eigenvalue weighted by atomic mass is 9.96. The maximum Gasteiger partial charge on any atom is 0.261 e. The van der Waals surface area contributed by atoms with Gasteiger partial charge in [0, 0.05) is 38.0 Å². The molecule has 2 amide bonds. The Morgan fingerprint density at radius 1 is 1.19 bits per heavy atom. The predicted molar refractivity (Wildman–Crippen MR) is 117 cm³/mol. The summed E-state index contributed by atoms with van der Waals surface area (Å²) in [5.41, 5.74) is 0.524. The number of piperidine rings is 1. The summed E-state index contributed by atoms with van der Waals surface area (Å²) < 4.78 is 45.5. The lowest BCUT2D eigenvalue weighted by Gasteiger charge is -2.32. The second kappa shape index (κ2) is 10.6. The number of rotatable bonds is 8. The second-order valence-corrected chi connectivity index (χ2v) is 9.20. The van der Waals surface area contributed by atoms with Crippen LogP contribution in [-0.2, 0) is 19.6 Å². The third-order valence-corrected chi connectivity index (χ3v) is 6.57. The molecule has 2 aromatic rings. The van der Waals surface area contributed by atoms with E-state index in [1.54, 1.807) is 24.1 Å². The molecular formula is C22H26FN3O5S. The van der Waals surface area contributed by atoms with Gasteiger partial charge < -0.3 is 15.0 Å². The third kappa shape index (κ3) is 6.04. The molecule has 1 aliphatic rings. The highest BCUT2D eigenvalue weighted by Gasteiger charge is 2.29. The number of carbonyl (C=O) groups excluding carboxylic acids is 2. The molecule has 0 aliphatic carbocycles. The summed E-state index contributed by atoms with van der Waals surface area (Å²) in [5.74, 6) is -1.23. The molecule has 2 aromatic carbocycles. The first kappa shape index (κ1) is 23.7. The van der Waals surface area contributed by atoms with Crippen LogP contribution >= 0.6 is 0 Å². The second-order valence-electron chi connectivity index (χ2n) is 7.51. The number of methoxy groups -OCH3 is 1. The Balaban J connectivity index is 1.68. The van der Waals surface area contributed by atoms with Gasteiger partial charge in [-0.2, -0.15) is 0 Å². The number of hydrogen-bond acceptors (Lipinski definition) is 5. The number of nitrogens with zero attached hydrogens (tertiary/aromatic N) is 1. The van der Waals surface area contributed by atoms with Crippen molar-refractivity contribution in [2.24, 2.45) is 5.92 Å². The van der Waals surface area contributed by atoms with E-state index in [1.165, 1.54) is 12.1 Å². The van der Waals surface area contributed by atoms with Crippen LogP contribution < -0.4 is 10.0 Å². The van der Waals surface area contributed by atoms with Gasteiger partial charge >= 0.3 is 0 Å². The highest BCUT2D eigenvalue weighted by molar-refractivity contribution is 7.92. The van der Waals surface area contributed by atoms with Crippen molar-refractivity contribution in [2.45, 2.75) is 17.7 Å². The van der Waals surface area contributed by atoms with E-state index in [0.717, 1.165) is 24.3 Å². The number of benzene rings is 2. The van der Waals surface area contributed by atoms with E-state index in [0.29, 0.717) is 44.6 Å². The van der Waals surface area contributed by atoms with E-state index in [1.807, 2.05) is 0 Å². The van der Waals surface area contributed by atoms with Crippen molar-refractivity contribution >= 4 is 27.5 Å². The normalized spacial score (nSPS) is 16.4. The van der Waals surface area contributed by atoms with Crippen LogP contribution in [0.5, 0.6) is 0 Å². The van der Waals surface area contributed by atoms with Crippen LogP contribution in [0.2, 0.25) is 0 Å². The molecule has 2 N–H and O–H groups in total. The summed E-state index contributed by atoms with van der Waals surface area (Å²) in [4.78, 5) is 26.9. The van der Waals surface area contributed by atoms with Gasteiger partial charge in [0.25, 0.3) is 15.9 Å². The molecule has 1 fully saturated rings. The Hall–Kier alpha value is -2.98. The molecule has 8 nitrogen and oxygen atoms in total. The fourth-order valence-electron chi connectivity index (χ4n) is 3.52. The van der Waals surface area contributed by atoms with Crippen molar-refractivity contribution in [1.82, 2.24) is 10.2 Å². The summed E-state index contributed by atoms with van der Waals surface area (Å²) in [5, 5.41) is 2.80. The Labute approximate surface area is 186 Å². The van der Waals surface area contributed by atoms with Gasteiger partial charge in [0.1, 0.15) is 5.82 Å². The van der Waals surface area contributed by atoms with Gasteiger partial charge in [-0.05, 0) is 55.3 Å². The number of ether oxygens (including phenoxy) is 1. The maximum atomic E-state index is 13.1. The molecule has 1 aliphatic heterocycles. The number of hydrogen-bond donors (Lipinski definition) is 2. The Morgan fingerprint density at radius 3 is 2.66 bits per heavy atom. The number of likely N-dealkylation sites (tertiary alicyclic amines) is 1. The molecule has 172 valence electrons. The number of sulfonamides is 1. The van der Waals surface area contributed by atoms with Crippen LogP contribution in [-0.4, -0.2) is 58.5 Å². The van der Waals surface area contributed by atoms with Crippen LogP contribution in [0.4, 0.5) is 10.1 Å². The zero-order chi connectivity index (χ0) is 23.1. The summed E-state index contributed by atoms with van der Waals surface area (Å²) in [6.45, 7) is 1.65. The number of carbonyl (C=O) groups is 2. The highest BCUT2D eigenvalue weighted by atomic mass is 32.2. The minimum Gasteiger partial charge on any atom is -0.383 e. The molecule has 0 spiro atoms. The van der Waals surface area contributed by atoms with Crippen LogP contribution in [0.15, 0.2) is 53.4 Å². The van der Waals surface area contributed by atoms with Crippen molar-refractivity contribution < 1.29 is 27.1 Å². The maximum absolute atomic E-state index is 13.1. The van der Waals surface area contributed by atoms with Crippen molar-refractivity contribution in [1.29, 1.82) is 0 Å². The number of halogens is 1. The Morgan fingerprint density at radius 2 is 1.94 bits per heavy atom. The molecule has 1 heterocycles. The summed E-state index contributed by atoms with van der Waals surface area (Å²) in [6.07, 6.45) is 1.39. The van der Waals surface area contributed by atoms with Gasteiger partial charge in [-0.3, -0.25) is 14.3 Å². The fourth-order valence-corrected chi connectivity index (χ4v) is 4.57. The SMILES string of the molecule is COCCNC(=O)C1CCCN(C(=O)c2cccc(NS(=O)(=O)c3ccc(F)cc3)c2)C1. The van der Waals surface area contributed by atoms with Crippen LogP contribution in [0.3, 0.4) is 0 Å². The summed E-state index contributed by atoms with van der Waals surface area (Å²) >= 11 is 0. The van der Waals surface area contributed by atoms with Gasteiger partial charge in [-0.25, -0.2) is 12.8 Å². The lowest BCUT2D eigenvalue weighted by molar-refractivity contribution is -0.126. The molecular weight excluding hydrogens is 437 g/mol. The first-order chi connectivity index (χ1) is 15.3. The standard InChI is InChI=1S/C22H26FN3O5S/c1-31-13-11-24-21(27)17-5-3-12-26(15-17)22(28)16-4-2-6-19(14-16)25-32(29,30)20-9-7-18(23)8-10-20/h2,4,6-10,14,17,25H,3,5,11-13,15H2,1H3,(H,24,27). The minimum absolute atomic E-state index is 0.0889. The molecule has 10 heteroatoms. The first-order valence-corrected chi connectivity index (χ1v) is 11.7. The van der Waals surface area contributed by atoms with Crippen molar-refractivity contribution in [3.8, 4) is 0 Å². The van der Waals surface area contributed by atoms with Crippen molar-refractivity contribution in [3.63, 3.8) is 0 Å². The van der Waals surface area contributed by atoms with Gasteiger partial charge in [-0.1, -0.05) is 6.07 Å². The fraction of sp³-hybridized carbons (Fsp3) is 0.364. The van der Waals surface area contributed by atoms with Gasteiger partial charge in [0.05, 0.1) is 17.4 Å². The number of nitrogens with one attached hydrogen (secondary N) is 2. The van der Waals surface area contributed by atoms with E-state index in [-0.39, 0.29) is 28.3 Å². The van der Waals surface area contributed by atoms with E-state index in [9.17, 15) is 22.4 Å². The third-order valence-electron chi connectivity index (χ3n) is 5.17. The minimum atomic E-state index is -3.93. The first-order valence-electron chi connectivity index (χ1n) is 10.2. The van der Waals surface area contributed by atoms with E-state index in [4.69, 9.17) is 4.74 Å². The molecule has 1 atom stereocenters. The van der Waals surface area contributed by atoms with Crippen molar-refractivity contribution in [2.75, 3.05) is 38.1 Å². The van der Waals surface area contributed by atoms with Gasteiger partial charge in [-0.15, -0.1) is 0 Å². The van der Waals surface area contributed by atoms with Gasteiger partial charge in [0.15, 0.2) is 0 Å².